The molecule has 0 aromatic heterocycles. The van der Waals surface area contributed by atoms with Crippen molar-refractivity contribution in [1.82, 2.24) is 10.2 Å². The van der Waals surface area contributed by atoms with E-state index >= 15 is 0 Å². The molecule has 0 saturated carbocycles. The summed E-state index contributed by atoms with van der Waals surface area (Å²) < 4.78 is 0. The van der Waals surface area contributed by atoms with Gasteiger partial charge < -0.3 is 5.32 Å². The smallest absolute Gasteiger partial charge is 0.0233 e. The highest BCUT2D eigenvalue weighted by atomic mass is 15.1. The summed E-state index contributed by atoms with van der Waals surface area (Å²) in [5, 5.41) is 3.37. The first-order valence-corrected chi connectivity index (χ1v) is 8.24. The van der Waals surface area contributed by atoms with E-state index in [0.29, 0.717) is 0 Å². The lowest BCUT2D eigenvalue weighted by Gasteiger charge is -2.25. The third kappa shape index (κ3) is 6.06. The van der Waals surface area contributed by atoms with E-state index in [1.54, 1.807) is 0 Å². The molecule has 1 rings (SSSR count). The van der Waals surface area contributed by atoms with Crippen LogP contribution < -0.4 is 5.32 Å². The summed E-state index contributed by atoms with van der Waals surface area (Å²) in [6.45, 7) is 14.5. The molecule has 1 N–H and O–H groups in total. The van der Waals surface area contributed by atoms with Crippen molar-refractivity contribution in [3.8, 4) is 0 Å². The zero-order valence-electron chi connectivity index (χ0n) is 13.8. The molecule has 0 aliphatic heterocycles. The molecular formula is C18H32N2. The average Bonchev–Trinajstić information content (AvgIpc) is 2.50. The van der Waals surface area contributed by atoms with E-state index in [0.717, 1.165) is 32.1 Å². The molecule has 0 bridgehead atoms. The van der Waals surface area contributed by atoms with Gasteiger partial charge in [0.25, 0.3) is 0 Å². The van der Waals surface area contributed by atoms with Gasteiger partial charge in [0.1, 0.15) is 0 Å². The highest BCUT2D eigenvalue weighted by molar-refractivity contribution is 5.22. The van der Waals surface area contributed by atoms with E-state index < -0.39 is 0 Å². The number of hydrogen-bond donors (Lipinski definition) is 1. The summed E-state index contributed by atoms with van der Waals surface area (Å²) in [5.41, 5.74) is 2.80. The number of hydrogen-bond acceptors (Lipinski definition) is 2. The number of benzene rings is 1. The first-order valence-electron chi connectivity index (χ1n) is 8.24. The molecule has 0 amide bonds. The maximum Gasteiger partial charge on any atom is 0.0233 e. The molecule has 0 spiro atoms. The number of rotatable bonds is 10. The van der Waals surface area contributed by atoms with Crippen LogP contribution in [0.5, 0.6) is 0 Å². The second kappa shape index (κ2) is 9.95. The topological polar surface area (TPSA) is 15.3 Å². The zero-order valence-corrected chi connectivity index (χ0v) is 13.8. The minimum atomic E-state index is 0.836. The van der Waals surface area contributed by atoms with Crippen LogP contribution in [0.4, 0.5) is 0 Å². The van der Waals surface area contributed by atoms with Crippen molar-refractivity contribution in [2.24, 2.45) is 5.92 Å². The summed E-state index contributed by atoms with van der Waals surface area (Å²) in [6, 6.07) is 9.07. The molecule has 0 fully saturated rings. The Balaban J connectivity index is 2.52. The molecule has 2 nitrogen and oxygen atoms in total. The van der Waals surface area contributed by atoms with Crippen LogP contribution in [-0.4, -0.2) is 24.5 Å². The molecule has 0 radical (unpaired) electrons. The third-order valence-electron chi connectivity index (χ3n) is 4.13. The van der Waals surface area contributed by atoms with Crippen LogP contribution >= 0.6 is 0 Å². The van der Waals surface area contributed by atoms with Crippen LogP contribution in [0.15, 0.2) is 24.3 Å². The molecule has 0 aliphatic carbocycles. The van der Waals surface area contributed by atoms with Crippen LogP contribution in [0.25, 0.3) is 0 Å². The molecule has 20 heavy (non-hydrogen) atoms. The molecule has 1 aromatic rings. The Morgan fingerprint density at radius 3 is 2.05 bits per heavy atom. The minimum Gasteiger partial charge on any atom is -0.313 e. The Morgan fingerprint density at radius 2 is 1.55 bits per heavy atom. The van der Waals surface area contributed by atoms with Crippen molar-refractivity contribution in [2.45, 2.75) is 53.6 Å². The van der Waals surface area contributed by atoms with Crippen molar-refractivity contribution in [1.29, 1.82) is 0 Å². The Bertz CT molecular complexity index is 341. The lowest BCUT2D eigenvalue weighted by molar-refractivity contribution is 0.226. The summed E-state index contributed by atoms with van der Waals surface area (Å²) >= 11 is 0. The van der Waals surface area contributed by atoms with Gasteiger partial charge in [0.15, 0.2) is 0 Å². The standard InChI is InChI=1S/C18H32N2/c1-5-16(6-2)14-20(8-4)15-18-11-9-17(10-12-18)13-19-7-3/h9-12,16,19H,5-8,13-15H2,1-4H3. The number of nitrogens with zero attached hydrogens (tertiary/aromatic N) is 1. The Hall–Kier alpha value is -0.860. The molecule has 0 heterocycles. The first kappa shape index (κ1) is 17.2. The molecule has 2 heteroatoms. The minimum absolute atomic E-state index is 0.836. The second-order valence-corrected chi connectivity index (χ2v) is 5.61. The molecular weight excluding hydrogens is 244 g/mol. The van der Waals surface area contributed by atoms with Crippen LogP contribution in [-0.2, 0) is 13.1 Å². The van der Waals surface area contributed by atoms with E-state index in [4.69, 9.17) is 0 Å². The van der Waals surface area contributed by atoms with Crippen LogP contribution in [0.1, 0.15) is 51.7 Å². The SMILES string of the molecule is CCNCc1ccc(CN(CC)CC(CC)CC)cc1. The Labute approximate surface area is 125 Å². The molecule has 0 unspecified atom stereocenters. The maximum atomic E-state index is 3.37. The van der Waals surface area contributed by atoms with Gasteiger partial charge in [0, 0.05) is 19.6 Å². The normalized spacial score (nSPS) is 11.5. The fourth-order valence-electron chi connectivity index (χ4n) is 2.51. The van der Waals surface area contributed by atoms with Gasteiger partial charge in [-0.15, -0.1) is 0 Å². The van der Waals surface area contributed by atoms with E-state index in [2.05, 4.69) is 62.2 Å². The molecule has 0 aliphatic rings. The van der Waals surface area contributed by atoms with Crippen molar-refractivity contribution < 1.29 is 0 Å². The predicted molar refractivity (Wildman–Crippen MR) is 88.8 cm³/mol. The van der Waals surface area contributed by atoms with E-state index in [9.17, 15) is 0 Å². The van der Waals surface area contributed by atoms with E-state index in [1.165, 1.54) is 30.5 Å². The van der Waals surface area contributed by atoms with Gasteiger partial charge in [-0.05, 0) is 30.1 Å². The Kier molecular flexibility index (Phi) is 8.56. The van der Waals surface area contributed by atoms with Gasteiger partial charge >= 0.3 is 0 Å². The summed E-state index contributed by atoms with van der Waals surface area (Å²) in [5.74, 6) is 0.836. The lowest BCUT2D eigenvalue weighted by atomic mass is 10.0. The largest absolute Gasteiger partial charge is 0.313 e. The van der Waals surface area contributed by atoms with Gasteiger partial charge in [-0.25, -0.2) is 0 Å². The maximum absolute atomic E-state index is 3.37. The van der Waals surface area contributed by atoms with Gasteiger partial charge in [0.05, 0.1) is 0 Å². The third-order valence-corrected chi connectivity index (χ3v) is 4.13. The number of nitrogens with one attached hydrogen (secondary N) is 1. The predicted octanol–water partition coefficient (Wildman–Crippen LogP) is 4.05. The van der Waals surface area contributed by atoms with Crippen LogP contribution in [0.3, 0.4) is 0 Å². The fourth-order valence-corrected chi connectivity index (χ4v) is 2.51. The van der Waals surface area contributed by atoms with E-state index in [-0.39, 0.29) is 0 Å². The summed E-state index contributed by atoms with van der Waals surface area (Å²) in [4.78, 5) is 2.57. The highest BCUT2D eigenvalue weighted by Crippen LogP contribution is 2.13. The van der Waals surface area contributed by atoms with Gasteiger partial charge in [-0.1, -0.05) is 64.8 Å². The van der Waals surface area contributed by atoms with Crippen molar-refractivity contribution in [3.63, 3.8) is 0 Å². The summed E-state index contributed by atoms with van der Waals surface area (Å²) in [6.07, 6.45) is 2.57. The first-order chi connectivity index (χ1) is 9.73. The van der Waals surface area contributed by atoms with Crippen molar-refractivity contribution in [2.75, 3.05) is 19.6 Å². The Morgan fingerprint density at radius 1 is 0.950 bits per heavy atom. The van der Waals surface area contributed by atoms with Crippen molar-refractivity contribution in [3.05, 3.63) is 35.4 Å². The molecule has 0 saturated heterocycles. The fraction of sp³-hybridized carbons (Fsp3) is 0.667. The van der Waals surface area contributed by atoms with Gasteiger partial charge in [0.2, 0.25) is 0 Å². The summed E-state index contributed by atoms with van der Waals surface area (Å²) in [7, 11) is 0. The second-order valence-electron chi connectivity index (χ2n) is 5.61. The van der Waals surface area contributed by atoms with Crippen molar-refractivity contribution >= 4 is 0 Å². The van der Waals surface area contributed by atoms with Gasteiger partial charge in [-0.2, -0.15) is 0 Å². The average molecular weight is 276 g/mol. The molecule has 1 aromatic carbocycles. The van der Waals surface area contributed by atoms with Crippen LogP contribution in [0.2, 0.25) is 0 Å². The monoisotopic (exact) mass is 276 g/mol. The highest BCUT2D eigenvalue weighted by Gasteiger charge is 2.10. The molecule has 114 valence electrons. The van der Waals surface area contributed by atoms with Gasteiger partial charge in [-0.3, -0.25) is 4.90 Å². The zero-order chi connectivity index (χ0) is 14.8. The molecule has 0 atom stereocenters. The van der Waals surface area contributed by atoms with E-state index in [1.807, 2.05) is 0 Å². The van der Waals surface area contributed by atoms with Crippen LogP contribution in [0, 0.1) is 5.92 Å². The lowest BCUT2D eigenvalue weighted by Crippen LogP contribution is -2.28. The quantitative estimate of drug-likeness (QED) is 0.693.